The number of benzene rings is 1. The molecule has 2 aromatic heterocycles. The molecule has 3 rings (SSSR count). The zero-order chi connectivity index (χ0) is 18.5. The Morgan fingerprint density at radius 1 is 1.15 bits per heavy atom. The van der Waals surface area contributed by atoms with Crippen LogP contribution in [-0.4, -0.2) is 38.2 Å². The molecule has 5 N–H and O–H groups in total. The fourth-order valence-electron chi connectivity index (χ4n) is 2.07. The Kier molecular flexibility index (Phi) is 5.04. The molecule has 0 atom stereocenters. The fraction of sp³-hybridized carbons (Fsp3) is 0.0625. The normalized spacial score (nSPS) is 10.2. The maximum absolute atomic E-state index is 12.1. The van der Waals surface area contributed by atoms with Crippen LogP contribution in [0.15, 0.2) is 42.7 Å². The molecule has 0 aliphatic rings. The van der Waals surface area contributed by atoms with Gasteiger partial charge in [0.25, 0.3) is 5.91 Å². The molecular formula is C16H15N7O2S. The zero-order valence-corrected chi connectivity index (χ0v) is 14.5. The maximum atomic E-state index is 12.1. The van der Waals surface area contributed by atoms with Crippen LogP contribution in [0.4, 0.5) is 16.4 Å². The van der Waals surface area contributed by atoms with Crippen molar-refractivity contribution in [3.63, 3.8) is 0 Å². The molecule has 0 aliphatic heterocycles. The van der Waals surface area contributed by atoms with Gasteiger partial charge in [-0.05, 0) is 23.7 Å². The predicted molar refractivity (Wildman–Crippen MR) is 99.4 cm³/mol. The zero-order valence-electron chi connectivity index (χ0n) is 13.6. The van der Waals surface area contributed by atoms with Crippen LogP contribution in [0.2, 0.25) is 0 Å². The Morgan fingerprint density at radius 3 is 2.50 bits per heavy atom. The molecule has 0 unspecified atom stereocenters. The third-order valence-corrected chi connectivity index (χ3v) is 4.07. The van der Waals surface area contributed by atoms with E-state index in [1.807, 2.05) is 18.2 Å². The average Bonchev–Trinajstić information content (AvgIpc) is 3.02. The van der Waals surface area contributed by atoms with Crippen LogP contribution >= 0.6 is 11.5 Å². The minimum absolute atomic E-state index is 0.0229. The second-order valence-corrected chi connectivity index (χ2v) is 5.85. The number of hydrogen-bond acceptors (Lipinski definition) is 8. The van der Waals surface area contributed by atoms with E-state index >= 15 is 0 Å². The summed E-state index contributed by atoms with van der Waals surface area (Å²) in [6.45, 7) is 0. The Hall–Kier alpha value is -3.53. The van der Waals surface area contributed by atoms with Gasteiger partial charge in [-0.25, -0.2) is 9.97 Å². The van der Waals surface area contributed by atoms with E-state index in [1.165, 1.54) is 12.4 Å². The van der Waals surface area contributed by atoms with Crippen LogP contribution in [0, 0.1) is 5.41 Å². The molecular weight excluding hydrogens is 354 g/mol. The molecule has 0 bridgehead atoms. The van der Waals surface area contributed by atoms with Gasteiger partial charge in [-0.15, -0.1) is 0 Å². The van der Waals surface area contributed by atoms with E-state index in [4.69, 9.17) is 5.41 Å². The first-order chi connectivity index (χ1) is 12.6. The summed E-state index contributed by atoms with van der Waals surface area (Å²) in [6.07, 6.45) is 2.88. The van der Waals surface area contributed by atoms with Gasteiger partial charge in [0, 0.05) is 12.7 Å². The molecule has 132 valence electrons. The maximum Gasteiger partial charge on any atom is 0.293 e. The first-order valence-electron chi connectivity index (χ1n) is 7.49. The van der Waals surface area contributed by atoms with Crippen LogP contribution in [-0.2, 0) is 0 Å². The van der Waals surface area contributed by atoms with E-state index in [9.17, 15) is 9.90 Å². The number of hydrogen-bond donors (Lipinski definition) is 5. The molecule has 1 aromatic carbocycles. The minimum atomic E-state index is -0.421. The number of carbonyl (C=O) groups excluding carboxylic acids is 1. The SMILES string of the molecule is CNC(=N)c1c(O)nsc1Nc1cnc(C(=O)Nc2ccccc2)nc1. The van der Waals surface area contributed by atoms with Crippen LogP contribution in [0.25, 0.3) is 0 Å². The average molecular weight is 369 g/mol. The van der Waals surface area contributed by atoms with Gasteiger partial charge in [-0.3, -0.25) is 10.2 Å². The monoisotopic (exact) mass is 369 g/mol. The summed E-state index contributed by atoms with van der Waals surface area (Å²) in [6, 6.07) is 9.01. The second-order valence-electron chi connectivity index (χ2n) is 5.08. The first-order valence-corrected chi connectivity index (χ1v) is 8.26. The summed E-state index contributed by atoms with van der Waals surface area (Å²) in [5.41, 5.74) is 1.40. The van der Waals surface area contributed by atoms with Gasteiger partial charge in [0.2, 0.25) is 11.7 Å². The summed E-state index contributed by atoms with van der Waals surface area (Å²) in [5, 5.41) is 26.4. The summed E-state index contributed by atoms with van der Waals surface area (Å²) in [5.74, 6) is -0.610. The number of anilines is 3. The standard InChI is InChI=1S/C16H15N7O2S/c1-18-12(17)11-14(24)23-26-16(11)22-10-7-19-13(20-8-10)15(25)21-9-5-3-2-4-6-9/h2-8,22H,1H3,(H2,17,18)(H,21,25)(H,23,24). The number of amidine groups is 1. The fourth-order valence-corrected chi connectivity index (χ4v) is 2.78. The largest absolute Gasteiger partial charge is 0.492 e. The number of carbonyl (C=O) groups is 1. The van der Waals surface area contributed by atoms with E-state index in [-0.39, 0.29) is 23.1 Å². The lowest BCUT2D eigenvalue weighted by molar-refractivity contribution is 0.101. The van der Waals surface area contributed by atoms with Crippen molar-refractivity contribution in [2.45, 2.75) is 0 Å². The Bertz CT molecular complexity index is 926. The van der Waals surface area contributed by atoms with E-state index in [0.29, 0.717) is 16.4 Å². The first kappa shape index (κ1) is 17.3. The topological polar surface area (TPSA) is 136 Å². The number of aromatic nitrogens is 3. The van der Waals surface area contributed by atoms with E-state index in [1.54, 1.807) is 19.2 Å². The van der Waals surface area contributed by atoms with E-state index in [2.05, 4.69) is 30.3 Å². The Balaban J connectivity index is 1.72. The minimum Gasteiger partial charge on any atom is -0.492 e. The van der Waals surface area contributed by atoms with Crippen molar-refractivity contribution in [1.29, 1.82) is 5.41 Å². The number of rotatable bonds is 5. The molecule has 3 aromatic rings. The summed E-state index contributed by atoms with van der Waals surface area (Å²) < 4.78 is 3.82. The molecule has 26 heavy (non-hydrogen) atoms. The Morgan fingerprint density at radius 2 is 1.85 bits per heavy atom. The molecule has 10 heteroatoms. The summed E-state index contributed by atoms with van der Waals surface area (Å²) in [4.78, 5) is 20.2. The molecule has 1 amide bonds. The van der Waals surface area contributed by atoms with Crippen LogP contribution < -0.4 is 16.0 Å². The number of aromatic hydroxyl groups is 1. The van der Waals surface area contributed by atoms with Gasteiger partial charge in [0.1, 0.15) is 16.4 Å². The second kappa shape index (κ2) is 7.57. The molecule has 0 saturated carbocycles. The molecule has 2 heterocycles. The molecule has 9 nitrogen and oxygen atoms in total. The van der Waals surface area contributed by atoms with Crippen molar-refractivity contribution in [1.82, 2.24) is 19.7 Å². The molecule has 0 fully saturated rings. The van der Waals surface area contributed by atoms with Gasteiger partial charge >= 0.3 is 0 Å². The summed E-state index contributed by atoms with van der Waals surface area (Å²) in [7, 11) is 1.58. The van der Waals surface area contributed by atoms with Gasteiger partial charge in [-0.2, -0.15) is 4.37 Å². The summed E-state index contributed by atoms with van der Waals surface area (Å²) >= 11 is 1.00. The highest BCUT2D eigenvalue weighted by molar-refractivity contribution is 7.11. The number of nitrogens with one attached hydrogen (secondary N) is 4. The number of amides is 1. The smallest absolute Gasteiger partial charge is 0.293 e. The van der Waals surface area contributed by atoms with Gasteiger partial charge in [0.15, 0.2) is 0 Å². The third-order valence-electron chi connectivity index (χ3n) is 3.32. The van der Waals surface area contributed by atoms with Crippen LogP contribution in [0.1, 0.15) is 16.2 Å². The van der Waals surface area contributed by atoms with Crippen molar-refractivity contribution in [3.8, 4) is 5.88 Å². The van der Waals surface area contributed by atoms with Gasteiger partial charge in [0.05, 0.1) is 18.1 Å². The van der Waals surface area contributed by atoms with Crippen molar-refractivity contribution >= 4 is 39.7 Å². The quantitative estimate of drug-likeness (QED) is 0.343. The predicted octanol–water partition coefficient (Wildman–Crippen LogP) is 2.18. The van der Waals surface area contributed by atoms with Crippen LogP contribution in [0.5, 0.6) is 5.88 Å². The highest BCUT2D eigenvalue weighted by Crippen LogP contribution is 2.31. The van der Waals surface area contributed by atoms with E-state index in [0.717, 1.165) is 11.5 Å². The number of para-hydroxylation sites is 1. The van der Waals surface area contributed by atoms with Crippen LogP contribution in [0.3, 0.4) is 0 Å². The third kappa shape index (κ3) is 3.75. The Labute approximate surface area is 152 Å². The van der Waals surface area contributed by atoms with Crippen molar-refractivity contribution in [2.75, 3.05) is 17.7 Å². The molecule has 0 aliphatic carbocycles. The lowest BCUT2D eigenvalue weighted by Gasteiger charge is -2.08. The molecule has 0 spiro atoms. The highest BCUT2D eigenvalue weighted by Gasteiger charge is 2.18. The number of nitrogens with zero attached hydrogens (tertiary/aromatic N) is 3. The van der Waals surface area contributed by atoms with Gasteiger partial charge in [-0.1, -0.05) is 18.2 Å². The van der Waals surface area contributed by atoms with Crippen molar-refractivity contribution in [2.24, 2.45) is 0 Å². The van der Waals surface area contributed by atoms with Gasteiger partial charge < -0.3 is 21.1 Å². The van der Waals surface area contributed by atoms with Crippen molar-refractivity contribution in [3.05, 3.63) is 54.1 Å². The molecule has 0 saturated heterocycles. The van der Waals surface area contributed by atoms with Crippen molar-refractivity contribution < 1.29 is 9.90 Å². The lowest BCUT2D eigenvalue weighted by Crippen LogP contribution is -2.18. The highest BCUT2D eigenvalue weighted by atomic mass is 32.1. The van der Waals surface area contributed by atoms with E-state index < -0.39 is 5.91 Å². The lowest BCUT2D eigenvalue weighted by atomic mass is 10.3. The molecule has 0 radical (unpaired) electrons.